The van der Waals surface area contributed by atoms with Crippen LogP contribution in [0.1, 0.15) is 32.3 Å². The molecule has 0 saturated carbocycles. The van der Waals surface area contributed by atoms with Crippen LogP contribution >= 0.6 is 0 Å². The van der Waals surface area contributed by atoms with Gasteiger partial charge in [0.25, 0.3) is 0 Å². The number of hydrogen-bond donors (Lipinski definition) is 1. The van der Waals surface area contributed by atoms with Gasteiger partial charge in [-0.2, -0.15) is 0 Å². The Labute approximate surface area is 191 Å². The van der Waals surface area contributed by atoms with E-state index < -0.39 is 36.6 Å². The molecule has 1 aromatic rings. The quantitative estimate of drug-likeness (QED) is 0.218. The van der Waals surface area contributed by atoms with Crippen molar-refractivity contribution >= 4 is 24.4 Å². The van der Waals surface area contributed by atoms with Crippen molar-refractivity contribution in [2.24, 2.45) is 5.73 Å². The molecule has 184 valence electrons. The van der Waals surface area contributed by atoms with Gasteiger partial charge in [0.05, 0.1) is 20.8 Å². The van der Waals surface area contributed by atoms with E-state index in [0.717, 1.165) is 27.1 Å². The molecule has 0 saturated heterocycles. The zero-order valence-electron chi connectivity index (χ0n) is 19.0. The van der Waals surface area contributed by atoms with E-state index in [1.54, 1.807) is 0 Å². The molecule has 2 N–H and O–H groups in total. The Balaban J connectivity index is 2.68. The number of carbonyl (C=O) groups is 4. The Kier molecular flexibility index (Phi) is 12.1. The lowest BCUT2D eigenvalue weighted by molar-refractivity contribution is -0.152. The molecule has 0 radical (unpaired) electrons. The van der Waals surface area contributed by atoms with Gasteiger partial charge in [-0.3, -0.25) is 4.79 Å². The summed E-state index contributed by atoms with van der Waals surface area (Å²) in [4.78, 5) is 46.5. The zero-order chi connectivity index (χ0) is 24.8. The van der Waals surface area contributed by atoms with Gasteiger partial charge in [-0.15, -0.1) is 0 Å². The van der Waals surface area contributed by atoms with Gasteiger partial charge in [0.15, 0.2) is 11.5 Å². The van der Waals surface area contributed by atoms with Crippen molar-refractivity contribution in [1.29, 1.82) is 0 Å². The summed E-state index contributed by atoms with van der Waals surface area (Å²) in [6.45, 7) is 3.54. The Morgan fingerprint density at radius 2 is 1.58 bits per heavy atom. The maximum atomic E-state index is 12.3. The molecule has 0 aliphatic heterocycles. The molecule has 2 atom stereocenters. The second kappa shape index (κ2) is 14.5. The summed E-state index contributed by atoms with van der Waals surface area (Å²) in [6.07, 6.45) is -2.08. The summed E-state index contributed by atoms with van der Waals surface area (Å²) in [6, 6.07) is 3.11. The third-order valence-electron chi connectivity index (χ3n) is 3.96. The highest BCUT2D eigenvalue weighted by Gasteiger charge is 2.22. The van der Waals surface area contributed by atoms with Gasteiger partial charge in [-0.1, -0.05) is 19.4 Å². The molecule has 0 spiro atoms. The zero-order valence-corrected chi connectivity index (χ0v) is 19.0. The Morgan fingerprint density at radius 1 is 0.939 bits per heavy atom. The topological polar surface area (TPSA) is 159 Å². The predicted octanol–water partition coefficient (Wildman–Crippen LogP) is 2.73. The van der Waals surface area contributed by atoms with E-state index in [4.69, 9.17) is 29.4 Å². The first-order chi connectivity index (χ1) is 15.7. The summed E-state index contributed by atoms with van der Waals surface area (Å²) < 4.78 is 33.6. The average Bonchev–Trinajstić information content (AvgIpc) is 2.79. The third kappa shape index (κ3) is 10.5. The fourth-order valence-corrected chi connectivity index (χ4v) is 2.29. The van der Waals surface area contributed by atoms with Gasteiger partial charge >= 0.3 is 24.4 Å². The average molecular weight is 471 g/mol. The van der Waals surface area contributed by atoms with Crippen molar-refractivity contribution in [1.82, 2.24) is 0 Å². The van der Waals surface area contributed by atoms with Crippen molar-refractivity contribution in [3.05, 3.63) is 23.8 Å². The number of esters is 1. The Morgan fingerprint density at radius 3 is 2.18 bits per heavy atom. The number of ether oxygens (including phenoxy) is 7. The largest absolute Gasteiger partial charge is 0.513 e. The fraction of sp³-hybridized carbons (Fsp3) is 0.524. The molecular weight excluding hydrogens is 442 g/mol. The van der Waals surface area contributed by atoms with Gasteiger partial charge in [0, 0.05) is 0 Å². The summed E-state index contributed by atoms with van der Waals surface area (Å²) in [5.41, 5.74) is 6.38. The summed E-state index contributed by atoms with van der Waals surface area (Å²) in [5.74, 6) is -0.992. The molecule has 1 rings (SSSR count). The lowest BCUT2D eigenvalue weighted by atomic mass is 10.1. The lowest BCUT2D eigenvalue weighted by Gasteiger charge is -2.17. The van der Waals surface area contributed by atoms with Crippen molar-refractivity contribution in [2.75, 3.05) is 27.4 Å². The number of benzene rings is 1. The second-order valence-electron chi connectivity index (χ2n) is 6.71. The second-order valence-corrected chi connectivity index (χ2v) is 6.71. The van der Waals surface area contributed by atoms with Crippen LogP contribution in [0.3, 0.4) is 0 Å². The van der Waals surface area contributed by atoms with Crippen LogP contribution in [0.15, 0.2) is 18.2 Å². The van der Waals surface area contributed by atoms with Gasteiger partial charge in [-0.25, -0.2) is 14.4 Å². The first-order valence-electron chi connectivity index (χ1n) is 10.1. The van der Waals surface area contributed by atoms with E-state index in [1.165, 1.54) is 25.1 Å². The summed E-state index contributed by atoms with van der Waals surface area (Å²) in [5, 5.41) is 0. The molecule has 1 aromatic carbocycles. The summed E-state index contributed by atoms with van der Waals surface area (Å²) in [7, 11) is 2.22. The van der Waals surface area contributed by atoms with Crippen LogP contribution in [0, 0.1) is 0 Å². The molecule has 0 aromatic heterocycles. The van der Waals surface area contributed by atoms with Crippen LogP contribution in [0.4, 0.5) is 14.4 Å². The van der Waals surface area contributed by atoms with E-state index in [1.807, 2.05) is 6.92 Å². The summed E-state index contributed by atoms with van der Waals surface area (Å²) >= 11 is 0. The van der Waals surface area contributed by atoms with Gasteiger partial charge in [-0.05, 0) is 37.5 Å². The number of rotatable bonds is 11. The first kappa shape index (κ1) is 27.5. The molecule has 0 amide bonds. The highest BCUT2D eigenvalue weighted by atomic mass is 16.7. The van der Waals surface area contributed by atoms with Crippen molar-refractivity contribution in [2.45, 2.75) is 45.3 Å². The maximum Gasteiger partial charge on any atom is 0.513 e. The van der Waals surface area contributed by atoms with E-state index in [9.17, 15) is 19.2 Å². The van der Waals surface area contributed by atoms with Crippen molar-refractivity contribution in [3.63, 3.8) is 0 Å². The van der Waals surface area contributed by atoms with Crippen LogP contribution in [0.2, 0.25) is 0 Å². The predicted molar refractivity (Wildman–Crippen MR) is 112 cm³/mol. The smallest absolute Gasteiger partial charge is 0.458 e. The van der Waals surface area contributed by atoms with Crippen LogP contribution in [-0.4, -0.2) is 64.0 Å². The first-order valence-corrected chi connectivity index (χ1v) is 10.1. The third-order valence-corrected chi connectivity index (χ3v) is 3.96. The maximum absolute atomic E-state index is 12.3. The lowest BCUT2D eigenvalue weighted by Crippen LogP contribution is -2.37. The molecule has 12 heteroatoms. The van der Waals surface area contributed by atoms with Gasteiger partial charge in [0.1, 0.15) is 18.8 Å². The minimum absolute atomic E-state index is 0.00149. The van der Waals surface area contributed by atoms with E-state index in [-0.39, 0.29) is 31.1 Å². The van der Waals surface area contributed by atoms with Crippen molar-refractivity contribution in [3.8, 4) is 11.5 Å². The number of methoxy groups -OCH3 is 2. The van der Waals surface area contributed by atoms with Crippen LogP contribution in [-0.2, 0) is 34.9 Å². The molecule has 0 fully saturated rings. The minimum atomic E-state index is -1.08. The molecule has 0 aliphatic carbocycles. The number of nitrogens with two attached hydrogens (primary N) is 1. The highest BCUT2D eigenvalue weighted by molar-refractivity contribution is 5.76. The SMILES string of the molecule is CCCCOC(=O)OC[C@H](C)OC(=O)[C@@H](N)Cc1ccc(OC(=O)OC)c(OC(=O)OC)c1. The standard InChI is InChI=1S/C21H29NO11/c1-5-6-9-29-21(26)30-12-13(2)31-18(23)15(22)10-14-7-8-16(32-19(24)27-3)17(11-14)33-20(25)28-4/h7-8,11,13,15H,5-6,9-10,12,22H2,1-4H3/t13-,15-/m0/s1. The highest BCUT2D eigenvalue weighted by Crippen LogP contribution is 2.29. The Bertz CT molecular complexity index is 811. The molecule has 0 heterocycles. The van der Waals surface area contributed by atoms with E-state index in [2.05, 4.69) is 9.47 Å². The van der Waals surface area contributed by atoms with Crippen LogP contribution in [0.25, 0.3) is 0 Å². The molecule has 0 aliphatic rings. The fourth-order valence-electron chi connectivity index (χ4n) is 2.29. The molecule has 33 heavy (non-hydrogen) atoms. The molecule has 0 unspecified atom stereocenters. The Hall–Kier alpha value is -3.54. The normalized spacial score (nSPS) is 12.0. The van der Waals surface area contributed by atoms with Crippen molar-refractivity contribution < 1.29 is 52.3 Å². The number of hydrogen-bond acceptors (Lipinski definition) is 12. The van der Waals surface area contributed by atoms with Gasteiger partial charge < -0.3 is 38.9 Å². The minimum Gasteiger partial charge on any atom is -0.458 e. The molecule has 0 bridgehead atoms. The van der Waals surface area contributed by atoms with Crippen LogP contribution in [0.5, 0.6) is 11.5 Å². The number of carbonyl (C=O) groups excluding carboxylic acids is 4. The molecular formula is C21H29NO11. The number of unbranched alkanes of at least 4 members (excludes halogenated alkanes) is 1. The van der Waals surface area contributed by atoms with E-state index >= 15 is 0 Å². The molecule has 12 nitrogen and oxygen atoms in total. The van der Waals surface area contributed by atoms with Crippen LogP contribution < -0.4 is 15.2 Å². The monoisotopic (exact) mass is 471 g/mol. The van der Waals surface area contributed by atoms with Gasteiger partial charge in [0.2, 0.25) is 0 Å². The van der Waals surface area contributed by atoms with E-state index in [0.29, 0.717) is 5.56 Å².